The fourth-order valence-electron chi connectivity index (χ4n) is 1.18. The van der Waals surface area contributed by atoms with Gasteiger partial charge in [-0.3, -0.25) is 4.79 Å². The smallest absolute Gasteiger partial charge is 0.311 e. The first-order valence-corrected chi connectivity index (χ1v) is 5.27. The summed E-state index contributed by atoms with van der Waals surface area (Å²) >= 11 is 1.59. The lowest BCUT2D eigenvalue weighted by molar-refractivity contribution is -0.148. The molecule has 1 heterocycles. The quantitative estimate of drug-likeness (QED) is 0.808. The van der Waals surface area contributed by atoms with Gasteiger partial charge in [0.1, 0.15) is 0 Å². The standard InChI is InChI=1S/C10H15NO2S/c1-6-4-7(5-14-6)8(11)10(2,3)9(12)13/h4-5,8H,11H2,1-3H3,(H,12,13)/t8-/m0/s1. The minimum atomic E-state index is -0.923. The summed E-state index contributed by atoms with van der Waals surface area (Å²) in [5.41, 5.74) is 5.89. The molecule has 0 fully saturated rings. The number of carboxylic acids is 1. The number of thiophene rings is 1. The number of aryl methyl sites for hydroxylation is 1. The van der Waals surface area contributed by atoms with Gasteiger partial charge in [0.2, 0.25) is 0 Å². The Morgan fingerprint density at radius 2 is 2.21 bits per heavy atom. The second kappa shape index (κ2) is 3.71. The molecule has 14 heavy (non-hydrogen) atoms. The summed E-state index contributed by atoms with van der Waals surface area (Å²) in [6.45, 7) is 5.27. The average molecular weight is 213 g/mol. The maximum Gasteiger partial charge on any atom is 0.311 e. The number of hydrogen-bond donors (Lipinski definition) is 2. The number of rotatable bonds is 3. The van der Waals surface area contributed by atoms with Crippen LogP contribution in [-0.2, 0) is 4.79 Å². The molecule has 0 bridgehead atoms. The van der Waals surface area contributed by atoms with Crippen LogP contribution in [-0.4, -0.2) is 11.1 Å². The van der Waals surface area contributed by atoms with Gasteiger partial charge in [-0.25, -0.2) is 0 Å². The molecule has 78 valence electrons. The van der Waals surface area contributed by atoms with E-state index in [0.717, 1.165) is 10.4 Å². The topological polar surface area (TPSA) is 63.3 Å². The van der Waals surface area contributed by atoms with E-state index < -0.39 is 17.4 Å². The molecule has 0 saturated carbocycles. The van der Waals surface area contributed by atoms with Gasteiger partial charge in [-0.05, 0) is 37.8 Å². The van der Waals surface area contributed by atoms with Crippen molar-refractivity contribution in [3.8, 4) is 0 Å². The Hall–Kier alpha value is -0.870. The van der Waals surface area contributed by atoms with Crippen LogP contribution in [0.2, 0.25) is 0 Å². The van der Waals surface area contributed by atoms with Gasteiger partial charge in [-0.2, -0.15) is 0 Å². The Morgan fingerprint density at radius 3 is 2.57 bits per heavy atom. The van der Waals surface area contributed by atoms with Crippen molar-refractivity contribution in [3.63, 3.8) is 0 Å². The fraction of sp³-hybridized carbons (Fsp3) is 0.500. The Labute approximate surface area is 87.6 Å². The van der Waals surface area contributed by atoms with E-state index >= 15 is 0 Å². The number of nitrogens with two attached hydrogens (primary N) is 1. The third-order valence-electron chi connectivity index (χ3n) is 2.44. The highest BCUT2D eigenvalue weighted by atomic mass is 32.1. The van der Waals surface area contributed by atoms with Crippen molar-refractivity contribution in [1.29, 1.82) is 0 Å². The summed E-state index contributed by atoms with van der Waals surface area (Å²) in [5.74, 6) is -0.867. The van der Waals surface area contributed by atoms with Gasteiger partial charge >= 0.3 is 5.97 Å². The van der Waals surface area contributed by atoms with Crippen LogP contribution in [0, 0.1) is 12.3 Å². The molecule has 1 rings (SSSR count). The van der Waals surface area contributed by atoms with Crippen LogP contribution >= 0.6 is 11.3 Å². The van der Waals surface area contributed by atoms with Crippen LogP contribution < -0.4 is 5.73 Å². The molecule has 1 atom stereocenters. The van der Waals surface area contributed by atoms with E-state index in [1.165, 1.54) is 0 Å². The molecule has 0 amide bonds. The molecule has 0 radical (unpaired) electrons. The SMILES string of the molecule is Cc1cc([C@H](N)C(C)(C)C(=O)O)cs1. The highest BCUT2D eigenvalue weighted by Gasteiger charge is 2.35. The fourth-order valence-corrected chi connectivity index (χ4v) is 1.92. The zero-order valence-electron chi connectivity index (χ0n) is 8.57. The molecular formula is C10H15NO2S. The highest BCUT2D eigenvalue weighted by molar-refractivity contribution is 7.10. The van der Waals surface area contributed by atoms with Crippen LogP contribution in [0.3, 0.4) is 0 Å². The van der Waals surface area contributed by atoms with Crippen LogP contribution in [0.5, 0.6) is 0 Å². The third kappa shape index (κ3) is 1.96. The molecule has 0 aliphatic rings. The zero-order chi connectivity index (χ0) is 10.9. The molecular weight excluding hydrogens is 198 g/mol. The van der Waals surface area contributed by atoms with Crippen molar-refractivity contribution in [1.82, 2.24) is 0 Å². The second-order valence-corrected chi connectivity index (χ2v) is 5.11. The predicted molar refractivity (Wildman–Crippen MR) is 57.4 cm³/mol. The number of hydrogen-bond acceptors (Lipinski definition) is 3. The normalized spacial score (nSPS) is 14.0. The zero-order valence-corrected chi connectivity index (χ0v) is 9.39. The van der Waals surface area contributed by atoms with Gasteiger partial charge in [-0.1, -0.05) is 0 Å². The van der Waals surface area contributed by atoms with E-state index in [9.17, 15) is 4.79 Å². The van der Waals surface area contributed by atoms with E-state index in [2.05, 4.69) is 0 Å². The molecule has 0 aromatic carbocycles. The lowest BCUT2D eigenvalue weighted by Gasteiger charge is -2.26. The molecule has 1 aromatic heterocycles. The van der Waals surface area contributed by atoms with E-state index in [1.807, 2.05) is 18.4 Å². The average Bonchev–Trinajstić information content (AvgIpc) is 2.50. The van der Waals surface area contributed by atoms with Gasteiger partial charge in [0, 0.05) is 10.9 Å². The van der Waals surface area contributed by atoms with Crippen molar-refractivity contribution in [2.24, 2.45) is 11.1 Å². The van der Waals surface area contributed by atoms with Crippen molar-refractivity contribution in [2.45, 2.75) is 26.8 Å². The second-order valence-electron chi connectivity index (χ2n) is 4.00. The first kappa shape index (κ1) is 11.2. The number of aliphatic carboxylic acids is 1. The van der Waals surface area contributed by atoms with Crippen molar-refractivity contribution < 1.29 is 9.90 Å². The minimum Gasteiger partial charge on any atom is -0.481 e. The molecule has 0 spiro atoms. The van der Waals surface area contributed by atoms with Crippen molar-refractivity contribution in [3.05, 3.63) is 21.9 Å². The first-order valence-electron chi connectivity index (χ1n) is 4.39. The maximum atomic E-state index is 11.0. The predicted octanol–water partition coefficient (Wildman–Crippen LogP) is 2.17. The van der Waals surface area contributed by atoms with Gasteiger partial charge in [0.05, 0.1) is 5.41 Å². The summed E-state index contributed by atoms with van der Waals surface area (Å²) in [7, 11) is 0. The van der Waals surface area contributed by atoms with Crippen LogP contribution in [0.15, 0.2) is 11.4 Å². The molecule has 0 aliphatic carbocycles. The van der Waals surface area contributed by atoms with Gasteiger partial charge in [0.25, 0.3) is 0 Å². The Kier molecular flexibility index (Phi) is 2.97. The van der Waals surface area contributed by atoms with E-state index in [0.29, 0.717) is 0 Å². The largest absolute Gasteiger partial charge is 0.481 e. The molecule has 4 heteroatoms. The molecule has 0 unspecified atom stereocenters. The van der Waals surface area contributed by atoms with E-state index in [4.69, 9.17) is 10.8 Å². The molecule has 3 N–H and O–H groups in total. The van der Waals surface area contributed by atoms with Crippen molar-refractivity contribution >= 4 is 17.3 Å². The number of carboxylic acid groups (broad SMARTS) is 1. The Balaban J connectivity index is 2.95. The number of carbonyl (C=O) groups is 1. The van der Waals surface area contributed by atoms with Gasteiger partial charge < -0.3 is 10.8 Å². The molecule has 0 saturated heterocycles. The maximum absolute atomic E-state index is 11.0. The summed E-state index contributed by atoms with van der Waals surface area (Å²) in [4.78, 5) is 12.1. The monoisotopic (exact) mass is 213 g/mol. The van der Waals surface area contributed by atoms with E-state index in [-0.39, 0.29) is 0 Å². The molecule has 0 aliphatic heterocycles. The lowest BCUT2D eigenvalue weighted by atomic mass is 9.82. The van der Waals surface area contributed by atoms with Gasteiger partial charge in [0.15, 0.2) is 0 Å². The highest BCUT2D eigenvalue weighted by Crippen LogP contribution is 2.33. The van der Waals surface area contributed by atoms with Crippen LogP contribution in [0.4, 0.5) is 0 Å². The van der Waals surface area contributed by atoms with Crippen LogP contribution in [0.1, 0.15) is 30.3 Å². The first-order chi connectivity index (χ1) is 6.35. The third-order valence-corrected chi connectivity index (χ3v) is 3.32. The summed E-state index contributed by atoms with van der Waals surface area (Å²) in [5, 5.41) is 10.9. The molecule has 1 aromatic rings. The summed E-state index contributed by atoms with van der Waals surface area (Å²) in [6.07, 6.45) is 0. The van der Waals surface area contributed by atoms with Crippen molar-refractivity contribution in [2.75, 3.05) is 0 Å². The Morgan fingerprint density at radius 1 is 1.64 bits per heavy atom. The summed E-state index contributed by atoms with van der Waals surface area (Å²) in [6, 6.07) is 1.49. The minimum absolute atomic E-state index is 0.454. The van der Waals surface area contributed by atoms with Crippen LogP contribution in [0.25, 0.3) is 0 Å². The summed E-state index contributed by atoms with van der Waals surface area (Å²) < 4.78 is 0. The lowest BCUT2D eigenvalue weighted by Crippen LogP contribution is -2.36. The van der Waals surface area contributed by atoms with Gasteiger partial charge in [-0.15, -0.1) is 11.3 Å². The molecule has 3 nitrogen and oxygen atoms in total. The Bertz CT molecular complexity index is 344. The van der Waals surface area contributed by atoms with E-state index in [1.54, 1.807) is 25.2 Å².